The van der Waals surface area contributed by atoms with Crippen molar-refractivity contribution in [2.45, 2.75) is 55.8 Å². The zero-order chi connectivity index (χ0) is 21.7. The molecule has 11 heteroatoms. The van der Waals surface area contributed by atoms with Gasteiger partial charge in [-0.3, -0.25) is 4.79 Å². The Kier molecular flexibility index (Phi) is 5.45. The molecule has 2 aliphatic rings. The van der Waals surface area contributed by atoms with E-state index in [4.69, 9.17) is 13.9 Å². The number of aromatic hydroxyl groups is 2. The molecule has 0 spiro atoms. The summed E-state index contributed by atoms with van der Waals surface area (Å²) in [4.78, 5) is 13.1. The van der Waals surface area contributed by atoms with E-state index in [9.17, 15) is 40.5 Å². The second kappa shape index (κ2) is 7.78. The Balaban J connectivity index is 1.75. The van der Waals surface area contributed by atoms with Gasteiger partial charge in [0, 0.05) is 12.1 Å². The minimum absolute atomic E-state index is 0.0980. The van der Waals surface area contributed by atoms with Crippen molar-refractivity contribution in [3.8, 4) is 11.5 Å². The van der Waals surface area contributed by atoms with Gasteiger partial charge in [0.1, 0.15) is 58.7 Å². The van der Waals surface area contributed by atoms with E-state index in [1.807, 2.05) is 0 Å². The van der Waals surface area contributed by atoms with E-state index < -0.39 is 60.7 Å². The largest absolute Gasteiger partial charge is 0.508 e. The van der Waals surface area contributed by atoms with Gasteiger partial charge in [0.15, 0.2) is 6.29 Å². The van der Waals surface area contributed by atoms with Crippen LogP contribution in [0.5, 0.6) is 11.5 Å². The number of hydrogen-bond donors (Lipinski definition) is 7. The minimum atomic E-state index is -1.67. The molecule has 0 bridgehead atoms. The van der Waals surface area contributed by atoms with Crippen molar-refractivity contribution in [1.29, 1.82) is 0 Å². The minimum Gasteiger partial charge on any atom is -0.508 e. The Morgan fingerprint density at radius 1 is 1.03 bits per heavy atom. The maximum Gasteiger partial charge on any atom is 0.202 e. The Bertz CT molecular complexity index is 1000. The maximum atomic E-state index is 13.1. The van der Waals surface area contributed by atoms with Gasteiger partial charge in [0.25, 0.3) is 0 Å². The summed E-state index contributed by atoms with van der Waals surface area (Å²) < 4.78 is 16.6. The Morgan fingerprint density at radius 2 is 1.77 bits per heavy atom. The third-order valence-corrected chi connectivity index (χ3v) is 5.50. The number of phenolic OH excluding ortho intramolecular Hbond substituents is 2. The second-order valence-electron chi connectivity index (χ2n) is 7.46. The van der Waals surface area contributed by atoms with Crippen LogP contribution in [0.1, 0.15) is 36.4 Å². The highest BCUT2D eigenvalue weighted by atomic mass is 16.7. The van der Waals surface area contributed by atoms with E-state index in [0.717, 1.165) is 12.1 Å². The molecule has 4 rings (SSSR count). The molecule has 30 heavy (non-hydrogen) atoms. The molecular weight excluding hydrogens is 404 g/mol. The molecule has 7 N–H and O–H groups in total. The van der Waals surface area contributed by atoms with Crippen LogP contribution in [0.2, 0.25) is 0 Å². The van der Waals surface area contributed by atoms with Crippen molar-refractivity contribution in [3.63, 3.8) is 0 Å². The van der Waals surface area contributed by atoms with Crippen molar-refractivity contribution in [2.75, 3.05) is 6.61 Å². The average molecular weight is 426 g/mol. The lowest BCUT2D eigenvalue weighted by molar-refractivity contribution is -0.314. The molecule has 2 heterocycles. The highest BCUT2D eigenvalue weighted by molar-refractivity contribution is 5.85. The van der Waals surface area contributed by atoms with Gasteiger partial charge in [-0.1, -0.05) is 0 Å². The summed E-state index contributed by atoms with van der Waals surface area (Å²) in [6.45, 7) is -0.644. The fraction of sp³-hybridized carbons (Fsp3) is 0.526. The van der Waals surface area contributed by atoms with Crippen molar-refractivity contribution in [2.24, 2.45) is 0 Å². The Morgan fingerprint density at radius 3 is 2.47 bits per heavy atom. The average Bonchev–Trinajstić information content (AvgIpc) is 2.69. The Labute approximate surface area is 169 Å². The SMILES string of the molecule is O=c1c2c(oc3cc(O)cc(O)c13)[C@H](O)CC[C@H]2O[C@@H]1O[C@H](CO)[C@@H](O)[C@H](O)[C@H]1O. The molecule has 1 saturated heterocycles. The van der Waals surface area contributed by atoms with Crippen LogP contribution in [-0.4, -0.2) is 73.1 Å². The predicted molar refractivity (Wildman–Crippen MR) is 97.6 cm³/mol. The van der Waals surface area contributed by atoms with Gasteiger partial charge in [0.05, 0.1) is 18.3 Å². The van der Waals surface area contributed by atoms with Gasteiger partial charge in [0.2, 0.25) is 5.43 Å². The second-order valence-corrected chi connectivity index (χ2v) is 7.46. The van der Waals surface area contributed by atoms with Crippen LogP contribution in [-0.2, 0) is 9.47 Å². The Hall–Kier alpha value is -2.25. The summed E-state index contributed by atoms with van der Waals surface area (Å²) >= 11 is 0. The summed E-state index contributed by atoms with van der Waals surface area (Å²) in [7, 11) is 0. The molecule has 2 aromatic rings. The molecule has 7 atom stereocenters. The molecule has 0 saturated carbocycles. The van der Waals surface area contributed by atoms with E-state index >= 15 is 0 Å². The van der Waals surface area contributed by atoms with Gasteiger partial charge in [-0.15, -0.1) is 0 Å². The predicted octanol–water partition coefficient (Wildman–Crippen LogP) is -1.11. The van der Waals surface area contributed by atoms with Crippen LogP contribution in [0.25, 0.3) is 11.0 Å². The lowest BCUT2D eigenvalue weighted by Gasteiger charge is -2.41. The molecule has 0 unspecified atom stereocenters. The van der Waals surface area contributed by atoms with Crippen molar-refractivity contribution in [3.05, 3.63) is 33.7 Å². The first-order chi connectivity index (χ1) is 14.2. The third-order valence-electron chi connectivity index (χ3n) is 5.50. The van der Waals surface area contributed by atoms with Gasteiger partial charge in [-0.05, 0) is 12.8 Å². The number of ether oxygens (including phenoxy) is 2. The van der Waals surface area contributed by atoms with Crippen LogP contribution in [0.4, 0.5) is 0 Å². The monoisotopic (exact) mass is 426 g/mol. The molecular formula is C19H22O11. The fourth-order valence-corrected chi connectivity index (χ4v) is 3.93. The van der Waals surface area contributed by atoms with Crippen LogP contribution in [0.3, 0.4) is 0 Å². The van der Waals surface area contributed by atoms with E-state index in [0.29, 0.717) is 0 Å². The standard InChI is InChI=1S/C19H22O11/c20-5-11-14(24)16(26)17(27)19(30-11)29-9-2-1-7(22)18-13(9)15(25)12-8(23)3-6(21)4-10(12)28-18/h3-4,7,9,11,14,16-17,19-24,26-27H,1-2,5H2/t7-,9-,11-,14-,16+,17-,19-/m1/s1. The van der Waals surface area contributed by atoms with E-state index in [1.54, 1.807) is 0 Å². The molecule has 0 radical (unpaired) electrons. The maximum absolute atomic E-state index is 13.1. The van der Waals surface area contributed by atoms with Crippen LogP contribution >= 0.6 is 0 Å². The smallest absolute Gasteiger partial charge is 0.202 e. The normalized spacial score (nSPS) is 34.1. The molecule has 0 amide bonds. The van der Waals surface area contributed by atoms with E-state index in [2.05, 4.69) is 0 Å². The molecule has 1 aromatic carbocycles. The van der Waals surface area contributed by atoms with Gasteiger partial charge in [-0.25, -0.2) is 0 Å². The van der Waals surface area contributed by atoms with E-state index in [1.165, 1.54) is 0 Å². The summed E-state index contributed by atoms with van der Waals surface area (Å²) in [5.74, 6) is -0.964. The first kappa shape index (κ1) is 21.0. The number of hydrogen-bond acceptors (Lipinski definition) is 11. The van der Waals surface area contributed by atoms with Crippen LogP contribution in [0.15, 0.2) is 21.3 Å². The lowest BCUT2D eigenvalue weighted by Crippen LogP contribution is -2.59. The highest BCUT2D eigenvalue weighted by Gasteiger charge is 2.46. The number of phenols is 2. The molecule has 1 aromatic heterocycles. The number of aliphatic hydroxyl groups excluding tert-OH is 5. The summed E-state index contributed by atoms with van der Waals surface area (Å²) in [5, 5.41) is 69.2. The summed E-state index contributed by atoms with van der Waals surface area (Å²) in [6, 6.07) is 2.10. The fourth-order valence-electron chi connectivity index (χ4n) is 3.93. The molecule has 164 valence electrons. The molecule has 1 aliphatic heterocycles. The van der Waals surface area contributed by atoms with Gasteiger partial charge in [-0.2, -0.15) is 0 Å². The van der Waals surface area contributed by atoms with E-state index in [-0.39, 0.29) is 40.9 Å². The van der Waals surface area contributed by atoms with Gasteiger partial charge >= 0.3 is 0 Å². The topological polar surface area (TPSA) is 190 Å². The van der Waals surface area contributed by atoms with Gasteiger partial charge < -0.3 is 49.6 Å². The van der Waals surface area contributed by atoms with Crippen molar-refractivity contribution in [1.82, 2.24) is 0 Å². The number of rotatable bonds is 3. The summed E-state index contributed by atoms with van der Waals surface area (Å²) in [6.07, 6.45) is -9.50. The molecule has 11 nitrogen and oxygen atoms in total. The first-order valence-electron chi connectivity index (χ1n) is 9.39. The number of aliphatic hydroxyl groups is 5. The third kappa shape index (κ3) is 3.34. The van der Waals surface area contributed by atoms with Crippen LogP contribution in [0, 0.1) is 0 Å². The van der Waals surface area contributed by atoms with Crippen LogP contribution < -0.4 is 5.43 Å². The quantitative estimate of drug-likeness (QED) is 0.315. The van der Waals surface area contributed by atoms with Crippen molar-refractivity contribution >= 4 is 11.0 Å². The lowest BCUT2D eigenvalue weighted by atomic mass is 9.90. The molecule has 1 fully saturated rings. The highest BCUT2D eigenvalue weighted by Crippen LogP contribution is 2.41. The first-order valence-corrected chi connectivity index (χ1v) is 9.39. The summed E-state index contributed by atoms with van der Waals surface area (Å²) in [5.41, 5.74) is -0.917. The zero-order valence-electron chi connectivity index (χ0n) is 15.6. The number of benzene rings is 1. The van der Waals surface area contributed by atoms with Crippen molar-refractivity contribution < 1.29 is 49.6 Å². The zero-order valence-corrected chi connectivity index (χ0v) is 15.6. The molecule has 1 aliphatic carbocycles. The number of fused-ring (bicyclic) bond motifs is 2.